The van der Waals surface area contributed by atoms with E-state index in [1.54, 1.807) is 37.3 Å². The molecule has 1 atom stereocenters. The van der Waals surface area contributed by atoms with Crippen LogP contribution >= 0.6 is 0 Å². The van der Waals surface area contributed by atoms with Crippen LogP contribution in [0.3, 0.4) is 0 Å². The fraction of sp³-hybridized carbons (Fsp3) is 0.125. The summed E-state index contributed by atoms with van der Waals surface area (Å²) in [5.41, 5.74) is 4.38. The van der Waals surface area contributed by atoms with Gasteiger partial charge < -0.3 is 15.0 Å². The van der Waals surface area contributed by atoms with Crippen LogP contribution in [0.2, 0.25) is 0 Å². The number of carbonyl (C=O) groups excluding carboxylic acids is 2. The van der Waals surface area contributed by atoms with Gasteiger partial charge in [-0.15, -0.1) is 0 Å². The molecule has 0 saturated carbocycles. The molecule has 4 rings (SSSR count). The summed E-state index contributed by atoms with van der Waals surface area (Å²) >= 11 is 0. The molecular weight excluding hydrogens is 378 g/mol. The molecule has 0 aliphatic heterocycles. The van der Waals surface area contributed by atoms with Crippen molar-refractivity contribution in [1.29, 1.82) is 0 Å². The Kier molecular flexibility index (Phi) is 5.30. The Morgan fingerprint density at radius 2 is 1.67 bits per heavy atom. The number of nitrogens with zero attached hydrogens (tertiary/aromatic N) is 1. The lowest BCUT2D eigenvalue weighted by Crippen LogP contribution is -2.30. The molecule has 3 aromatic carbocycles. The summed E-state index contributed by atoms with van der Waals surface area (Å²) in [6.07, 6.45) is -0.956. The van der Waals surface area contributed by atoms with Crippen molar-refractivity contribution in [3.8, 4) is 11.4 Å². The smallest absolute Gasteiger partial charge is 0.339 e. The molecule has 6 heteroatoms. The van der Waals surface area contributed by atoms with Crippen LogP contribution in [0.25, 0.3) is 22.4 Å². The molecular formula is C24H21N3O3. The van der Waals surface area contributed by atoms with E-state index in [2.05, 4.69) is 15.3 Å². The highest BCUT2D eigenvalue weighted by molar-refractivity contribution is 6.00. The average molecular weight is 399 g/mol. The number of benzene rings is 3. The van der Waals surface area contributed by atoms with E-state index >= 15 is 0 Å². The number of para-hydroxylation sites is 2. The van der Waals surface area contributed by atoms with Crippen molar-refractivity contribution in [2.24, 2.45) is 0 Å². The number of anilines is 1. The van der Waals surface area contributed by atoms with Crippen LogP contribution in [0.5, 0.6) is 0 Å². The molecule has 0 radical (unpaired) electrons. The first-order valence-corrected chi connectivity index (χ1v) is 9.64. The molecule has 2 N–H and O–H groups in total. The van der Waals surface area contributed by atoms with Crippen molar-refractivity contribution in [3.63, 3.8) is 0 Å². The lowest BCUT2D eigenvalue weighted by atomic mass is 10.1. The van der Waals surface area contributed by atoms with E-state index < -0.39 is 18.0 Å². The number of fused-ring (bicyclic) bond motifs is 1. The van der Waals surface area contributed by atoms with Crippen LogP contribution < -0.4 is 5.32 Å². The first kappa shape index (κ1) is 19.4. The number of hydrogen-bond acceptors (Lipinski definition) is 4. The molecule has 1 heterocycles. The summed E-state index contributed by atoms with van der Waals surface area (Å²) in [5.74, 6) is -0.411. The Morgan fingerprint density at radius 3 is 2.43 bits per heavy atom. The molecule has 0 saturated heterocycles. The highest BCUT2D eigenvalue weighted by atomic mass is 16.5. The quantitative estimate of drug-likeness (QED) is 0.476. The Balaban J connectivity index is 1.52. The number of rotatable bonds is 5. The maximum atomic E-state index is 12.8. The third-order valence-corrected chi connectivity index (χ3v) is 4.76. The number of hydrogen-bond donors (Lipinski definition) is 2. The summed E-state index contributed by atoms with van der Waals surface area (Å²) in [6.45, 7) is 3.51. The number of nitrogens with one attached hydrogen (secondary N) is 2. The zero-order valence-electron chi connectivity index (χ0n) is 16.7. The van der Waals surface area contributed by atoms with Gasteiger partial charge in [-0.25, -0.2) is 9.78 Å². The standard InChI is InChI=1S/C24H21N3O3/c1-15-11-13-17(14-12-15)25-23(28)16(2)30-24(29)19-8-4-3-7-18(19)22-26-20-9-5-6-10-21(20)27-22/h3-14,16H,1-2H3,(H,25,28)(H,26,27). The van der Waals surface area contributed by atoms with Gasteiger partial charge >= 0.3 is 5.97 Å². The number of carbonyl (C=O) groups is 2. The van der Waals surface area contributed by atoms with Gasteiger partial charge in [-0.2, -0.15) is 0 Å². The molecule has 6 nitrogen and oxygen atoms in total. The molecule has 0 aliphatic carbocycles. The molecule has 4 aromatic rings. The molecule has 1 unspecified atom stereocenters. The van der Waals surface area contributed by atoms with Crippen molar-refractivity contribution in [1.82, 2.24) is 9.97 Å². The molecule has 0 fully saturated rings. The Labute approximate surface area is 173 Å². The lowest BCUT2D eigenvalue weighted by Gasteiger charge is -2.15. The number of aromatic nitrogens is 2. The van der Waals surface area contributed by atoms with Crippen molar-refractivity contribution in [3.05, 3.63) is 83.9 Å². The van der Waals surface area contributed by atoms with E-state index in [0.717, 1.165) is 16.6 Å². The van der Waals surface area contributed by atoms with Gasteiger partial charge in [0.25, 0.3) is 5.91 Å². The molecule has 1 aromatic heterocycles. The molecule has 1 amide bonds. The Bertz CT molecular complexity index is 1180. The van der Waals surface area contributed by atoms with Gasteiger partial charge in [0.15, 0.2) is 6.10 Å². The van der Waals surface area contributed by atoms with Crippen molar-refractivity contribution >= 4 is 28.6 Å². The number of imidazole rings is 1. The normalized spacial score (nSPS) is 11.8. The van der Waals surface area contributed by atoms with Crippen molar-refractivity contribution < 1.29 is 14.3 Å². The van der Waals surface area contributed by atoms with Gasteiger partial charge in [0.1, 0.15) is 5.82 Å². The second-order valence-electron chi connectivity index (χ2n) is 7.05. The van der Waals surface area contributed by atoms with Gasteiger partial charge in [0.2, 0.25) is 0 Å². The predicted molar refractivity (Wildman–Crippen MR) is 116 cm³/mol. The lowest BCUT2D eigenvalue weighted by molar-refractivity contribution is -0.123. The minimum Gasteiger partial charge on any atom is -0.449 e. The highest BCUT2D eigenvalue weighted by Gasteiger charge is 2.22. The van der Waals surface area contributed by atoms with E-state index in [1.807, 2.05) is 49.4 Å². The van der Waals surface area contributed by atoms with Crippen molar-refractivity contribution in [2.45, 2.75) is 20.0 Å². The number of H-pyrrole nitrogens is 1. The zero-order chi connectivity index (χ0) is 21.1. The molecule has 0 bridgehead atoms. The van der Waals surface area contributed by atoms with Gasteiger partial charge in [0, 0.05) is 11.3 Å². The first-order valence-electron chi connectivity index (χ1n) is 9.64. The SMILES string of the molecule is Cc1ccc(NC(=O)C(C)OC(=O)c2ccccc2-c2nc3ccccc3[nH]2)cc1. The summed E-state index contributed by atoms with van der Waals surface area (Å²) in [5, 5.41) is 2.76. The number of aryl methyl sites for hydroxylation is 1. The van der Waals surface area contributed by atoms with Crippen LogP contribution in [0.4, 0.5) is 5.69 Å². The fourth-order valence-corrected chi connectivity index (χ4v) is 3.11. The number of esters is 1. The number of ether oxygens (including phenoxy) is 1. The van der Waals surface area contributed by atoms with Crippen LogP contribution in [-0.2, 0) is 9.53 Å². The average Bonchev–Trinajstić information content (AvgIpc) is 3.19. The number of aromatic amines is 1. The van der Waals surface area contributed by atoms with E-state index in [-0.39, 0.29) is 0 Å². The topological polar surface area (TPSA) is 84.1 Å². The van der Waals surface area contributed by atoms with E-state index in [9.17, 15) is 9.59 Å². The summed E-state index contributed by atoms with van der Waals surface area (Å²) in [6, 6.07) is 22.1. The third kappa shape index (κ3) is 4.07. The van der Waals surface area contributed by atoms with Gasteiger partial charge in [-0.05, 0) is 44.2 Å². The maximum Gasteiger partial charge on any atom is 0.339 e. The van der Waals surface area contributed by atoms with Gasteiger partial charge in [-0.1, -0.05) is 48.0 Å². The minimum atomic E-state index is -0.956. The largest absolute Gasteiger partial charge is 0.449 e. The monoisotopic (exact) mass is 399 g/mol. The van der Waals surface area contributed by atoms with Crippen LogP contribution in [0, 0.1) is 6.92 Å². The Morgan fingerprint density at radius 1 is 0.967 bits per heavy atom. The summed E-state index contributed by atoms with van der Waals surface area (Å²) in [4.78, 5) is 33.0. The van der Waals surface area contributed by atoms with Gasteiger partial charge in [0.05, 0.1) is 16.6 Å². The van der Waals surface area contributed by atoms with E-state index in [0.29, 0.717) is 22.6 Å². The minimum absolute atomic E-state index is 0.339. The van der Waals surface area contributed by atoms with Crippen LogP contribution in [0.1, 0.15) is 22.8 Å². The highest BCUT2D eigenvalue weighted by Crippen LogP contribution is 2.25. The second kappa shape index (κ2) is 8.21. The third-order valence-electron chi connectivity index (χ3n) is 4.76. The van der Waals surface area contributed by atoms with E-state index in [4.69, 9.17) is 4.74 Å². The summed E-state index contributed by atoms with van der Waals surface area (Å²) < 4.78 is 5.44. The molecule has 150 valence electrons. The van der Waals surface area contributed by atoms with Gasteiger partial charge in [-0.3, -0.25) is 4.79 Å². The first-order chi connectivity index (χ1) is 14.5. The van der Waals surface area contributed by atoms with Crippen LogP contribution in [-0.4, -0.2) is 27.9 Å². The van der Waals surface area contributed by atoms with Crippen molar-refractivity contribution in [2.75, 3.05) is 5.32 Å². The van der Waals surface area contributed by atoms with E-state index in [1.165, 1.54) is 0 Å². The summed E-state index contributed by atoms with van der Waals surface area (Å²) in [7, 11) is 0. The number of amides is 1. The Hall–Kier alpha value is -3.93. The fourth-order valence-electron chi connectivity index (χ4n) is 3.11. The zero-order valence-corrected chi connectivity index (χ0v) is 16.7. The predicted octanol–water partition coefficient (Wildman–Crippen LogP) is 4.72. The maximum absolute atomic E-state index is 12.8. The molecule has 0 spiro atoms. The second-order valence-corrected chi connectivity index (χ2v) is 7.05. The molecule has 0 aliphatic rings. The molecule has 30 heavy (non-hydrogen) atoms. The van der Waals surface area contributed by atoms with Crippen LogP contribution in [0.15, 0.2) is 72.8 Å².